The van der Waals surface area contributed by atoms with Crippen molar-refractivity contribution in [2.45, 2.75) is 12.8 Å². The monoisotopic (exact) mass is 487 g/mol. The van der Waals surface area contributed by atoms with Crippen molar-refractivity contribution >= 4 is 29.1 Å². The highest BCUT2D eigenvalue weighted by Gasteiger charge is 2.29. The van der Waals surface area contributed by atoms with E-state index >= 15 is 0 Å². The second-order valence-corrected chi connectivity index (χ2v) is 8.58. The number of carbonyl (C=O) groups is 2. The van der Waals surface area contributed by atoms with Crippen LogP contribution in [0.25, 0.3) is 16.9 Å². The fourth-order valence-electron chi connectivity index (χ4n) is 4.48. The number of anilines is 1. The molecule has 0 saturated carbocycles. The molecule has 174 valence electrons. The van der Waals surface area contributed by atoms with Crippen LogP contribution < -0.4 is 20.5 Å². The van der Waals surface area contributed by atoms with E-state index in [9.17, 15) is 9.59 Å². The molecule has 10 heteroatoms. The van der Waals surface area contributed by atoms with Gasteiger partial charge in [0.1, 0.15) is 0 Å². The van der Waals surface area contributed by atoms with Crippen LogP contribution in [0.4, 0.5) is 5.69 Å². The minimum Gasteiger partial charge on any atom is -0.454 e. The number of benzene rings is 2. The fraction of sp³-hybridized carbons (Fsp3) is 0.120. The summed E-state index contributed by atoms with van der Waals surface area (Å²) in [6.07, 6.45) is 4.25. The molecule has 2 amide bonds. The Bertz CT molecular complexity index is 1530. The van der Waals surface area contributed by atoms with E-state index in [-0.39, 0.29) is 23.4 Å². The molecule has 3 heterocycles. The van der Waals surface area contributed by atoms with E-state index in [1.807, 2.05) is 30.3 Å². The molecule has 1 aliphatic heterocycles. The first-order valence-corrected chi connectivity index (χ1v) is 11.2. The fourth-order valence-corrected chi connectivity index (χ4v) is 4.68. The molecular weight excluding hydrogens is 470 g/mol. The van der Waals surface area contributed by atoms with Crippen molar-refractivity contribution in [2.75, 3.05) is 12.1 Å². The molecule has 0 unspecified atom stereocenters. The van der Waals surface area contributed by atoms with Crippen molar-refractivity contribution < 1.29 is 19.1 Å². The first kappa shape index (κ1) is 21.2. The SMILES string of the molecule is NC(=O)c1nn(-c2ccc3c(c2)OCO3)c2c1CCc1ccc(NC(=O)c3ccncc3Cl)cc1-2. The van der Waals surface area contributed by atoms with Gasteiger partial charge in [0, 0.05) is 35.3 Å². The molecule has 2 aliphatic rings. The topological polar surface area (TPSA) is 121 Å². The predicted octanol–water partition coefficient (Wildman–Crippen LogP) is 3.77. The van der Waals surface area contributed by atoms with E-state index in [0.717, 1.165) is 22.4 Å². The number of hydrogen-bond donors (Lipinski definition) is 2. The lowest BCUT2D eigenvalue weighted by Crippen LogP contribution is -2.16. The summed E-state index contributed by atoms with van der Waals surface area (Å²) in [5, 5.41) is 7.72. The number of ether oxygens (including phenoxy) is 2. The van der Waals surface area contributed by atoms with Gasteiger partial charge in [0.25, 0.3) is 11.8 Å². The zero-order valence-electron chi connectivity index (χ0n) is 18.2. The zero-order valence-corrected chi connectivity index (χ0v) is 19.0. The van der Waals surface area contributed by atoms with E-state index in [4.69, 9.17) is 26.8 Å². The molecule has 35 heavy (non-hydrogen) atoms. The summed E-state index contributed by atoms with van der Waals surface area (Å²) in [6, 6.07) is 12.7. The van der Waals surface area contributed by atoms with Crippen molar-refractivity contribution in [1.29, 1.82) is 0 Å². The van der Waals surface area contributed by atoms with E-state index < -0.39 is 5.91 Å². The summed E-state index contributed by atoms with van der Waals surface area (Å²) in [5.41, 5.74) is 10.9. The average molecular weight is 488 g/mol. The summed E-state index contributed by atoms with van der Waals surface area (Å²) in [4.78, 5) is 29.0. The molecule has 0 fully saturated rings. The Morgan fingerprint density at radius 3 is 2.74 bits per heavy atom. The molecule has 2 aromatic carbocycles. The second-order valence-electron chi connectivity index (χ2n) is 8.17. The molecule has 4 aromatic rings. The van der Waals surface area contributed by atoms with Gasteiger partial charge in [-0.2, -0.15) is 5.10 Å². The lowest BCUT2D eigenvalue weighted by Gasteiger charge is -2.20. The van der Waals surface area contributed by atoms with Gasteiger partial charge in [0.2, 0.25) is 6.79 Å². The minimum absolute atomic E-state index is 0.149. The van der Waals surface area contributed by atoms with Gasteiger partial charge in [-0.3, -0.25) is 14.6 Å². The smallest absolute Gasteiger partial charge is 0.269 e. The number of pyridine rings is 1. The Labute approximate surface area is 204 Å². The number of nitrogens with zero attached hydrogens (tertiary/aromatic N) is 3. The Morgan fingerprint density at radius 1 is 1.06 bits per heavy atom. The average Bonchev–Trinajstić information content (AvgIpc) is 3.48. The number of carbonyl (C=O) groups excluding carboxylic acids is 2. The van der Waals surface area contributed by atoms with Gasteiger partial charge in [-0.25, -0.2) is 4.68 Å². The lowest BCUT2D eigenvalue weighted by molar-refractivity contribution is 0.0992. The number of halogens is 1. The quantitative estimate of drug-likeness (QED) is 0.452. The van der Waals surface area contributed by atoms with Crippen molar-refractivity contribution in [3.05, 3.63) is 82.3 Å². The second kappa shape index (κ2) is 8.14. The first-order chi connectivity index (χ1) is 17.0. The maximum Gasteiger partial charge on any atom is 0.269 e. The third kappa shape index (κ3) is 3.57. The number of fused-ring (bicyclic) bond motifs is 4. The van der Waals surface area contributed by atoms with Gasteiger partial charge >= 0.3 is 0 Å². The van der Waals surface area contributed by atoms with Crippen LogP contribution in [0.3, 0.4) is 0 Å². The van der Waals surface area contributed by atoms with Crippen LogP contribution >= 0.6 is 11.6 Å². The van der Waals surface area contributed by atoms with Crippen molar-refractivity contribution in [3.8, 4) is 28.4 Å². The van der Waals surface area contributed by atoms with Crippen LogP contribution in [0.2, 0.25) is 5.02 Å². The molecule has 6 rings (SSSR count). The Morgan fingerprint density at radius 2 is 1.91 bits per heavy atom. The Hall–Kier alpha value is -4.37. The summed E-state index contributed by atoms with van der Waals surface area (Å²) < 4.78 is 12.6. The van der Waals surface area contributed by atoms with Gasteiger partial charge in [0.15, 0.2) is 17.2 Å². The normalized spacial score (nSPS) is 13.2. The molecule has 0 spiro atoms. The number of nitrogens with two attached hydrogens (primary N) is 1. The first-order valence-electron chi connectivity index (χ1n) is 10.9. The van der Waals surface area contributed by atoms with E-state index in [2.05, 4.69) is 15.4 Å². The van der Waals surface area contributed by atoms with Crippen LogP contribution in [0.15, 0.2) is 54.9 Å². The van der Waals surface area contributed by atoms with Gasteiger partial charge in [-0.1, -0.05) is 17.7 Å². The maximum atomic E-state index is 12.8. The minimum atomic E-state index is -0.596. The van der Waals surface area contributed by atoms with E-state index in [1.165, 1.54) is 12.4 Å². The Balaban J connectivity index is 1.46. The highest BCUT2D eigenvalue weighted by Crippen LogP contribution is 2.40. The van der Waals surface area contributed by atoms with E-state index in [0.29, 0.717) is 41.3 Å². The number of primary amides is 1. The number of amides is 2. The van der Waals surface area contributed by atoms with E-state index in [1.54, 1.807) is 16.8 Å². The summed E-state index contributed by atoms with van der Waals surface area (Å²) in [5.74, 6) is 0.292. The van der Waals surface area contributed by atoms with Gasteiger partial charge in [-0.15, -0.1) is 0 Å². The largest absolute Gasteiger partial charge is 0.454 e. The standard InChI is InChI=1S/C25H18ClN5O4/c26-19-11-28-8-7-16(19)25(33)29-14-3-1-13-2-5-17-22(24(27)32)30-31(23(17)18(13)9-14)15-4-6-20-21(10-15)35-12-34-20/h1,3-4,6-11H,2,5,12H2,(H2,27,32)(H,29,33). The molecule has 9 nitrogen and oxygen atoms in total. The van der Waals surface area contributed by atoms with Crippen molar-refractivity contribution in [1.82, 2.24) is 14.8 Å². The maximum absolute atomic E-state index is 12.8. The number of nitrogens with one attached hydrogen (secondary N) is 1. The van der Waals surface area contributed by atoms with Gasteiger partial charge in [0.05, 0.1) is 22.0 Å². The third-order valence-electron chi connectivity index (χ3n) is 6.10. The summed E-state index contributed by atoms with van der Waals surface area (Å²) in [6.45, 7) is 0.149. The zero-order chi connectivity index (χ0) is 24.1. The molecule has 2 aromatic heterocycles. The van der Waals surface area contributed by atoms with Crippen LogP contribution in [-0.4, -0.2) is 33.4 Å². The molecule has 1 aliphatic carbocycles. The Kier molecular flexibility index (Phi) is 4.93. The summed E-state index contributed by atoms with van der Waals surface area (Å²) >= 11 is 6.13. The van der Waals surface area contributed by atoms with Crippen LogP contribution in [0.5, 0.6) is 11.5 Å². The van der Waals surface area contributed by atoms with Crippen molar-refractivity contribution in [3.63, 3.8) is 0 Å². The summed E-state index contributed by atoms with van der Waals surface area (Å²) in [7, 11) is 0. The van der Waals surface area contributed by atoms with Crippen LogP contribution in [-0.2, 0) is 12.8 Å². The highest BCUT2D eigenvalue weighted by atomic mass is 35.5. The number of hydrogen-bond acceptors (Lipinski definition) is 6. The van der Waals surface area contributed by atoms with Crippen LogP contribution in [0.1, 0.15) is 32.0 Å². The molecule has 0 bridgehead atoms. The number of aromatic nitrogens is 3. The lowest BCUT2D eigenvalue weighted by atomic mass is 9.88. The van der Waals surface area contributed by atoms with Gasteiger partial charge in [-0.05, 0) is 48.7 Å². The predicted molar refractivity (Wildman–Crippen MR) is 128 cm³/mol. The third-order valence-corrected chi connectivity index (χ3v) is 6.40. The van der Waals surface area contributed by atoms with Gasteiger partial charge < -0.3 is 20.5 Å². The molecule has 0 saturated heterocycles. The molecule has 0 radical (unpaired) electrons. The molecule has 0 atom stereocenters. The highest BCUT2D eigenvalue weighted by molar-refractivity contribution is 6.34. The number of rotatable bonds is 4. The number of aryl methyl sites for hydroxylation is 1. The molecular formula is C25H18ClN5O4. The van der Waals surface area contributed by atoms with Crippen molar-refractivity contribution in [2.24, 2.45) is 5.73 Å². The van der Waals surface area contributed by atoms with Crippen LogP contribution in [0, 0.1) is 0 Å². The molecule has 3 N–H and O–H groups in total.